The van der Waals surface area contributed by atoms with E-state index in [0.29, 0.717) is 12.8 Å². The Bertz CT molecular complexity index is 541. The Labute approximate surface area is 107 Å². The van der Waals surface area contributed by atoms with Crippen LogP contribution in [0.25, 0.3) is 0 Å². The molecule has 8 heteroatoms. The van der Waals surface area contributed by atoms with Crippen LogP contribution in [-0.2, 0) is 6.42 Å². The number of aryl methyl sites for hydroxylation is 1. The molecule has 2 rings (SSSR count). The fourth-order valence-electron chi connectivity index (χ4n) is 1.90. The predicted molar refractivity (Wildman–Crippen MR) is 66.6 cm³/mol. The second kappa shape index (κ2) is 5.25. The predicted octanol–water partition coefficient (Wildman–Crippen LogP) is -1.15. The average molecular weight is 273 g/mol. The second-order valence-electron chi connectivity index (χ2n) is 4.12. The van der Waals surface area contributed by atoms with Crippen molar-refractivity contribution < 1.29 is 10.2 Å². The molecular formula is C10H15N3O4S. The van der Waals surface area contributed by atoms with Crippen molar-refractivity contribution in [2.45, 2.75) is 36.5 Å². The fourth-order valence-corrected chi connectivity index (χ4v) is 3.25. The van der Waals surface area contributed by atoms with Gasteiger partial charge in [-0.05, 0) is 6.42 Å². The third kappa shape index (κ3) is 2.36. The first-order chi connectivity index (χ1) is 8.56. The highest BCUT2D eigenvalue weighted by Crippen LogP contribution is 2.39. The zero-order valence-corrected chi connectivity index (χ0v) is 10.7. The highest BCUT2D eigenvalue weighted by molar-refractivity contribution is 8.00. The van der Waals surface area contributed by atoms with Crippen molar-refractivity contribution in [2.75, 3.05) is 6.61 Å². The third-order valence-corrected chi connectivity index (χ3v) is 4.43. The van der Waals surface area contributed by atoms with Gasteiger partial charge in [-0.25, -0.2) is 9.48 Å². The number of aromatic amines is 1. The molecule has 100 valence electrons. The van der Waals surface area contributed by atoms with Crippen LogP contribution in [0.5, 0.6) is 0 Å². The molecule has 0 spiro atoms. The van der Waals surface area contributed by atoms with E-state index in [1.165, 1.54) is 16.4 Å². The summed E-state index contributed by atoms with van der Waals surface area (Å²) in [6, 6.07) is 0. The number of aliphatic hydroxyl groups is 2. The Hall–Kier alpha value is -1.12. The zero-order chi connectivity index (χ0) is 13.3. The molecule has 1 aliphatic rings. The summed E-state index contributed by atoms with van der Waals surface area (Å²) in [6.07, 6.45) is 0.0902. The Morgan fingerprint density at radius 3 is 2.83 bits per heavy atom. The molecule has 0 aliphatic carbocycles. The number of nitrogens with one attached hydrogen (secondary N) is 1. The van der Waals surface area contributed by atoms with Crippen molar-refractivity contribution in [3.63, 3.8) is 0 Å². The maximum absolute atomic E-state index is 11.7. The molecule has 0 amide bonds. The van der Waals surface area contributed by atoms with Gasteiger partial charge in [0.05, 0.1) is 18.0 Å². The molecule has 1 fully saturated rings. The van der Waals surface area contributed by atoms with Crippen LogP contribution in [0.3, 0.4) is 0 Å². The van der Waals surface area contributed by atoms with E-state index in [1.54, 1.807) is 6.92 Å². The lowest BCUT2D eigenvalue weighted by Crippen LogP contribution is -2.36. The number of hydrogen-bond donors (Lipinski definition) is 3. The molecule has 0 bridgehead atoms. The second-order valence-corrected chi connectivity index (χ2v) is 5.54. The number of hydrogen-bond acceptors (Lipinski definition) is 6. The molecular weight excluding hydrogens is 258 g/mol. The Morgan fingerprint density at radius 2 is 2.28 bits per heavy atom. The molecule has 7 nitrogen and oxygen atoms in total. The van der Waals surface area contributed by atoms with Gasteiger partial charge < -0.3 is 10.2 Å². The van der Waals surface area contributed by atoms with Crippen molar-refractivity contribution in [1.29, 1.82) is 0 Å². The molecule has 0 unspecified atom stereocenters. The number of thioether (sulfide) groups is 1. The maximum atomic E-state index is 11.7. The molecule has 1 aromatic heterocycles. The van der Waals surface area contributed by atoms with Crippen molar-refractivity contribution >= 4 is 11.8 Å². The lowest BCUT2D eigenvalue weighted by molar-refractivity contribution is 0.136. The van der Waals surface area contributed by atoms with E-state index in [-0.39, 0.29) is 22.9 Å². The number of H-pyrrole nitrogens is 1. The summed E-state index contributed by atoms with van der Waals surface area (Å²) in [5.41, 5.74) is -0.765. The van der Waals surface area contributed by atoms with Crippen LogP contribution in [0.2, 0.25) is 0 Å². The van der Waals surface area contributed by atoms with Gasteiger partial charge in [-0.3, -0.25) is 9.78 Å². The lowest BCUT2D eigenvalue weighted by Gasteiger charge is -2.11. The van der Waals surface area contributed by atoms with Gasteiger partial charge in [-0.15, -0.1) is 11.8 Å². The Kier molecular flexibility index (Phi) is 3.88. The molecule has 1 saturated heterocycles. The summed E-state index contributed by atoms with van der Waals surface area (Å²) >= 11 is 1.29. The summed E-state index contributed by atoms with van der Waals surface area (Å²) in [7, 11) is 0. The largest absolute Gasteiger partial charge is 0.395 e. The number of nitrogens with zero attached hydrogens (tertiary/aromatic N) is 2. The summed E-state index contributed by atoms with van der Waals surface area (Å²) in [6.45, 7) is 1.63. The number of rotatable bonds is 3. The summed E-state index contributed by atoms with van der Waals surface area (Å²) in [4.78, 5) is 25.3. The summed E-state index contributed by atoms with van der Waals surface area (Å²) in [5.74, 6) is 0. The highest BCUT2D eigenvalue weighted by Gasteiger charge is 2.35. The molecule has 1 aliphatic heterocycles. The van der Waals surface area contributed by atoms with Gasteiger partial charge in [0.2, 0.25) is 0 Å². The molecule has 0 aromatic carbocycles. The SMILES string of the molecule is CCc1nn([C@H]2C[C@H](O)[C@@H](CO)S2)c(=O)[nH]c1=O. The molecule has 3 N–H and O–H groups in total. The molecule has 0 saturated carbocycles. The van der Waals surface area contributed by atoms with Crippen molar-refractivity contribution in [3.05, 3.63) is 26.5 Å². The monoisotopic (exact) mass is 273 g/mol. The number of aromatic nitrogens is 3. The average Bonchev–Trinajstić information content (AvgIpc) is 2.70. The highest BCUT2D eigenvalue weighted by atomic mass is 32.2. The third-order valence-electron chi connectivity index (χ3n) is 2.91. The van der Waals surface area contributed by atoms with E-state index in [9.17, 15) is 14.7 Å². The van der Waals surface area contributed by atoms with Crippen molar-refractivity contribution in [2.24, 2.45) is 0 Å². The van der Waals surface area contributed by atoms with Gasteiger partial charge in [0.25, 0.3) is 5.56 Å². The smallest absolute Gasteiger partial charge is 0.345 e. The van der Waals surface area contributed by atoms with Crippen LogP contribution in [0.4, 0.5) is 0 Å². The zero-order valence-electron chi connectivity index (χ0n) is 9.87. The van der Waals surface area contributed by atoms with Crippen LogP contribution in [0.1, 0.15) is 24.4 Å². The summed E-state index contributed by atoms with van der Waals surface area (Å²) < 4.78 is 1.18. The van der Waals surface area contributed by atoms with Gasteiger partial charge in [-0.1, -0.05) is 6.92 Å². The van der Waals surface area contributed by atoms with Crippen LogP contribution < -0.4 is 11.2 Å². The Balaban J connectivity index is 2.35. The van der Waals surface area contributed by atoms with Crippen molar-refractivity contribution in [1.82, 2.24) is 14.8 Å². The molecule has 2 heterocycles. The van der Waals surface area contributed by atoms with Crippen LogP contribution in [-0.4, -0.2) is 42.9 Å². The van der Waals surface area contributed by atoms with E-state index < -0.39 is 17.4 Å². The first-order valence-electron chi connectivity index (χ1n) is 5.73. The van der Waals surface area contributed by atoms with Gasteiger partial charge in [-0.2, -0.15) is 5.10 Å². The normalized spacial score (nSPS) is 27.6. The van der Waals surface area contributed by atoms with E-state index >= 15 is 0 Å². The maximum Gasteiger partial charge on any atom is 0.345 e. The van der Waals surface area contributed by atoms with Gasteiger partial charge >= 0.3 is 5.69 Å². The topological polar surface area (TPSA) is 108 Å². The minimum atomic E-state index is -0.671. The number of aliphatic hydroxyl groups excluding tert-OH is 2. The first-order valence-corrected chi connectivity index (χ1v) is 6.67. The van der Waals surface area contributed by atoms with E-state index in [4.69, 9.17) is 5.11 Å². The molecule has 3 atom stereocenters. The van der Waals surface area contributed by atoms with Crippen LogP contribution >= 0.6 is 11.8 Å². The summed E-state index contributed by atoms with van der Waals surface area (Å²) in [5, 5.41) is 22.1. The standard InChI is InChI=1S/C10H15N3O4S/c1-2-5-9(16)11-10(17)13(12-5)8-3-6(15)7(4-14)18-8/h6-8,14-15H,2-4H2,1H3,(H,11,16,17)/t6-,7+,8+/m0/s1. The fraction of sp³-hybridized carbons (Fsp3) is 0.700. The van der Waals surface area contributed by atoms with E-state index in [0.717, 1.165) is 0 Å². The minimum Gasteiger partial charge on any atom is -0.395 e. The molecule has 18 heavy (non-hydrogen) atoms. The van der Waals surface area contributed by atoms with Crippen LogP contribution in [0, 0.1) is 0 Å². The Morgan fingerprint density at radius 1 is 1.56 bits per heavy atom. The minimum absolute atomic E-state index is 0.152. The van der Waals surface area contributed by atoms with Gasteiger partial charge in [0.15, 0.2) is 0 Å². The van der Waals surface area contributed by atoms with Crippen molar-refractivity contribution in [3.8, 4) is 0 Å². The molecule has 0 radical (unpaired) electrons. The van der Waals surface area contributed by atoms with E-state index in [2.05, 4.69) is 10.1 Å². The van der Waals surface area contributed by atoms with Gasteiger partial charge in [0, 0.05) is 6.42 Å². The lowest BCUT2D eigenvalue weighted by atomic mass is 10.2. The quantitative estimate of drug-likeness (QED) is 0.642. The molecule has 1 aromatic rings. The van der Waals surface area contributed by atoms with E-state index in [1.807, 2.05) is 0 Å². The van der Waals surface area contributed by atoms with Gasteiger partial charge in [0.1, 0.15) is 11.1 Å². The first kappa shape index (κ1) is 13.3. The van der Waals surface area contributed by atoms with Crippen LogP contribution in [0.15, 0.2) is 9.59 Å².